The molecule has 0 radical (unpaired) electrons. The Labute approximate surface area is 181 Å². The molecule has 13 heteroatoms. The fourth-order valence-electron chi connectivity index (χ4n) is 2.50. The highest BCUT2D eigenvalue weighted by Crippen LogP contribution is 2.27. The second-order valence-electron chi connectivity index (χ2n) is 6.47. The first-order valence-electron chi connectivity index (χ1n) is 9.50. The molecule has 2 aromatic rings. The standard InChI is InChI=1S/C15H19N5O4.C4H4O4/c1-19-13(21)9-18-20(15(19)22)7-3-5-16-8-11-10-23-14-12(24-11)4-2-6-17-14;5-3(6)1-2-4(7)8/h2,4,6,9,11,16H,3,5,7-8,10H2,1H3;1-2H,(H,5,6)(H,7,8). The number of nitrogens with zero attached hydrogens (tertiary/aromatic N) is 4. The smallest absolute Gasteiger partial charge is 0.347 e. The predicted octanol–water partition coefficient (Wildman–Crippen LogP) is -1.13. The van der Waals surface area contributed by atoms with Gasteiger partial charge in [0.1, 0.15) is 18.9 Å². The van der Waals surface area contributed by atoms with Crippen molar-refractivity contribution in [2.45, 2.75) is 19.1 Å². The van der Waals surface area contributed by atoms with Crippen LogP contribution in [0.4, 0.5) is 0 Å². The maximum Gasteiger partial charge on any atom is 0.347 e. The van der Waals surface area contributed by atoms with Gasteiger partial charge in [-0.25, -0.2) is 24.0 Å². The maximum atomic E-state index is 11.8. The molecule has 1 unspecified atom stereocenters. The lowest BCUT2D eigenvalue weighted by atomic mass is 10.3. The second-order valence-corrected chi connectivity index (χ2v) is 6.47. The van der Waals surface area contributed by atoms with Crippen LogP contribution in [0.3, 0.4) is 0 Å². The van der Waals surface area contributed by atoms with Crippen LogP contribution in [0.25, 0.3) is 0 Å². The Kier molecular flexibility index (Phi) is 9.10. The van der Waals surface area contributed by atoms with Crippen LogP contribution in [0, 0.1) is 0 Å². The van der Waals surface area contributed by atoms with E-state index in [4.69, 9.17) is 19.7 Å². The van der Waals surface area contributed by atoms with Gasteiger partial charge in [0.15, 0.2) is 5.75 Å². The molecule has 3 rings (SSSR count). The number of hydrogen-bond acceptors (Lipinski definition) is 9. The number of hydrogen-bond donors (Lipinski definition) is 3. The highest BCUT2D eigenvalue weighted by molar-refractivity contribution is 5.89. The van der Waals surface area contributed by atoms with Gasteiger partial charge in [-0.3, -0.25) is 9.36 Å². The minimum atomic E-state index is -1.26. The number of carboxylic acid groups (broad SMARTS) is 2. The van der Waals surface area contributed by atoms with Gasteiger partial charge in [0.2, 0.25) is 0 Å². The molecule has 1 aliphatic rings. The quantitative estimate of drug-likeness (QED) is 0.328. The Morgan fingerprint density at radius 2 is 2.00 bits per heavy atom. The molecule has 0 fully saturated rings. The van der Waals surface area contributed by atoms with Gasteiger partial charge in [0.25, 0.3) is 11.4 Å². The average Bonchev–Trinajstić information content (AvgIpc) is 2.77. The van der Waals surface area contributed by atoms with E-state index in [9.17, 15) is 19.2 Å². The highest BCUT2D eigenvalue weighted by atomic mass is 16.6. The summed E-state index contributed by atoms with van der Waals surface area (Å²) in [5.41, 5.74) is -0.811. The molecule has 0 bridgehead atoms. The van der Waals surface area contributed by atoms with Crippen LogP contribution in [-0.2, 0) is 23.2 Å². The van der Waals surface area contributed by atoms with Crippen LogP contribution >= 0.6 is 0 Å². The number of ether oxygens (including phenoxy) is 2. The van der Waals surface area contributed by atoms with Crippen LogP contribution < -0.4 is 26.0 Å². The Hall–Kier alpha value is -4.00. The van der Waals surface area contributed by atoms with Crippen molar-refractivity contribution in [3.63, 3.8) is 0 Å². The van der Waals surface area contributed by atoms with Gasteiger partial charge < -0.3 is 25.0 Å². The first kappa shape index (κ1) is 24.3. The van der Waals surface area contributed by atoms with Crippen LogP contribution in [0.15, 0.2) is 46.3 Å². The number of rotatable bonds is 8. The Balaban J connectivity index is 0.000000390. The zero-order valence-corrected chi connectivity index (χ0v) is 17.2. The number of aliphatic carboxylic acids is 2. The van der Waals surface area contributed by atoms with Gasteiger partial charge in [0.05, 0.1) is 0 Å². The summed E-state index contributed by atoms with van der Waals surface area (Å²) < 4.78 is 13.7. The number of carbonyl (C=O) groups is 2. The molecule has 0 spiro atoms. The number of carboxylic acids is 2. The van der Waals surface area contributed by atoms with Gasteiger partial charge >= 0.3 is 17.6 Å². The summed E-state index contributed by atoms with van der Waals surface area (Å²) in [6.07, 6.45) is 4.55. The van der Waals surface area contributed by atoms with E-state index in [1.54, 1.807) is 12.3 Å². The first-order chi connectivity index (χ1) is 15.3. The van der Waals surface area contributed by atoms with Crippen molar-refractivity contribution < 1.29 is 29.3 Å². The predicted molar refractivity (Wildman–Crippen MR) is 110 cm³/mol. The number of pyridine rings is 1. The van der Waals surface area contributed by atoms with E-state index >= 15 is 0 Å². The molecule has 0 aliphatic carbocycles. The number of nitrogens with one attached hydrogen (secondary N) is 1. The fraction of sp³-hybridized carbons (Fsp3) is 0.368. The molecule has 3 N–H and O–H groups in total. The van der Waals surface area contributed by atoms with Crippen molar-refractivity contribution in [3.05, 3.63) is 57.5 Å². The SMILES string of the molecule is Cn1c(=O)cnn(CCCNCC2COc3ncccc3O2)c1=O.O=C(O)C=CC(=O)O. The van der Waals surface area contributed by atoms with Crippen LogP contribution in [0.2, 0.25) is 0 Å². The molecular formula is C19H23N5O8. The minimum Gasteiger partial charge on any atom is -0.480 e. The molecule has 0 amide bonds. The molecule has 32 heavy (non-hydrogen) atoms. The first-order valence-corrected chi connectivity index (χ1v) is 9.50. The molecule has 3 heterocycles. The molecule has 0 saturated carbocycles. The maximum absolute atomic E-state index is 11.8. The Morgan fingerprint density at radius 3 is 2.69 bits per heavy atom. The van der Waals surface area contributed by atoms with E-state index in [-0.39, 0.29) is 6.10 Å². The normalized spacial score (nSPS) is 14.5. The molecular weight excluding hydrogens is 426 g/mol. The van der Waals surface area contributed by atoms with E-state index in [0.29, 0.717) is 56.4 Å². The summed E-state index contributed by atoms with van der Waals surface area (Å²) >= 11 is 0. The van der Waals surface area contributed by atoms with E-state index in [0.717, 1.165) is 10.8 Å². The van der Waals surface area contributed by atoms with E-state index in [2.05, 4.69) is 15.4 Å². The van der Waals surface area contributed by atoms with E-state index in [1.165, 1.54) is 11.7 Å². The van der Waals surface area contributed by atoms with Crippen molar-refractivity contribution >= 4 is 11.9 Å². The monoisotopic (exact) mass is 449 g/mol. The van der Waals surface area contributed by atoms with Crippen LogP contribution in [0.5, 0.6) is 11.6 Å². The van der Waals surface area contributed by atoms with Gasteiger partial charge in [-0.05, 0) is 25.1 Å². The highest BCUT2D eigenvalue weighted by Gasteiger charge is 2.20. The van der Waals surface area contributed by atoms with E-state index in [1.807, 2.05) is 6.07 Å². The van der Waals surface area contributed by atoms with E-state index < -0.39 is 23.2 Å². The Morgan fingerprint density at radius 1 is 1.28 bits per heavy atom. The summed E-state index contributed by atoms with van der Waals surface area (Å²) in [7, 11) is 1.44. The van der Waals surface area contributed by atoms with Crippen molar-refractivity contribution in [3.8, 4) is 11.6 Å². The number of aromatic nitrogens is 4. The lowest BCUT2D eigenvalue weighted by Gasteiger charge is -2.25. The van der Waals surface area contributed by atoms with Crippen LogP contribution in [0.1, 0.15) is 6.42 Å². The summed E-state index contributed by atoms with van der Waals surface area (Å²) in [6, 6.07) is 3.63. The third kappa shape index (κ3) is 7.68. The minimum absolute atomic E-state index is 0.0832. The van der Waals surface area contributed by atoms with Crippen molar-refractivity contribution in [2.75, 3.05) is 19.7 Å². The summed E-state index contributed by atoms with van der Waals surface area (Å²) in [5, 5.41) is 22.7. The summed E-state index contributed by atoms with van der Waals surface area (Å²) in [6.45, 7) is 2.20. The van der Waals surface area contributed by atoms with Gasteiger partial charge in [-0.1, -0.05) is 0 Å². The lowest BCUT2D eigenvalue weighted by Crippen LogP contribution is -2.40. The molecule has 172 valence electrons. The molecule has 0 aromatic carbocycles. The molecule has 1 aliphatic heterocycles. The molecule has 0 saturated heterocycles. The second kappa shape index (κ2) is 12.0. The van der Waals surface area contributed by atoms with Crippen molar-refractivity contribution in [1.29, 1.82) is 0 Å². The number of fused-ring (bicyclic) bond motifs is 1. The largest absolute Gasteiger partial charge is 0.480 e. The average molecular weight is 449 g/mol. The van der Waals surface area contributed by atoms with Crippen molar-refractivity contribution in [2.24, 2.45) is 7.05 Å². The topological polar surface area (TPSA) is 175 Å². The number of aryl methyl sites for hydroxylation is 1. The third-order valence-electron chi connectivity index (χ3n) is 4.05. The fourth-order valence-corrected chi connectivity index (χ4v) is 2.50. The molecule has 13 nitrogen and oxygen atoms in total. The van der Waals surface area contributed by atoms with Gasteiger partial charge in [-0.15, -0.1) is 0 Å². The van der Waals surface area contributed by atoms with Gasteiger partial charge in [0, 0.05) is 38.5 Å². The van der Waals surface area contributed by atoms with Crippen LogP contribution in [-0.4, -0.2) is 67.3 Å². The molecule has 2 aromatic heterocycles. The summed E-state index contributed by atoms with van der Waals surface area (Å²) in [5.74, 6) is -1.34. The summed E-state index contributed by atoms with van der Waals surface area (Å²) in [4.78, 5) is 46.3. The van der Waals surface area contributed by atoms with Crippen molar-refractivity contribution in [1.82, 2.24) is 24.6 Å². The zero-order valence-electron chi connectivity index (χ0n) is 17.2. The third-order valence-corrected chi connectivity index (χ3v) is 4.05. The molecule has 1 atom stereocenters. The zero-order chi connectivity index (χ0) is 23.5. The Bertz CT molecular complexity index is 1060. The van der Waals surface area contributed by atoms with Gasteiger partial charge in [-0.2, -0.15) is 5.10 Å². The lowest BCUT2D eigenvalue weighted by molar-refractivity contribution is -0.134.